The molecule has 0 aliphatic heterocycles. The van der Waals surface area contributed by atoms with Gasteiger partial charge in [0.05, 0.1) is 11.5 Å². The fourth-order valence-corrected chi connectivity index (χ4v) is 3.66. The summed E-state index contributed by atoms with van der Waals surface area (Å²) in [5.41, 5.74) is 1.23. The zero-order chi connectivity index (χ0) is 19.4. The Kier molecular flexibility index (Phi) is 5.85. The molecule has 2 aromatic carbocycles. The Hall–Kier alpha value is -2.33. The second-order valence-corrected chi connectivity index (χ2v) is 7.55. The van der Waals surface area contributed by atoms with E-state index in [1.807, 2.05) is 55.5 Å². The maximum Gasteiger partial charge on any atom is 0.317 e. The van der Waals surface area contributed by atoms with Crippen molar-refractivity contribution in [1.29, 1.82) is 0 Å². The Balaban J connectivity index is 1.63. The molecule has 0 N–H and O–H groups in total. The average molecular weight is 386 g/mol. The molecule has 5 heteroatoms. The minimum atomic E-state index is -0.672. The maximum absolute atomic E-state index is 12.8. The molecule has 2 aromatic rings. The van der Waals surface area contributed by atoms with E-state index in [0.29, 0.717) is 5.02 Å². The second-order valence-electron chi connectivity index (χ2n) is 7.11. The van der Waals surface area contributed by atoms with E-state index in [1.165, 1.54) is 0 Å². The Labute approximate surface area is 165 Å². The molecule has 142 valence electrons. The lowest BCUT2D eigenvalue weighted by atomic mass is 9.64. The van der Waals surface area contributed by atoms with Crippen molar-refractivity contribution in [3.63, 3.8) is 0 Å². The fraction of sp³-hybridized carbons (Fsp3) is 0.364. The Morgan fingerprint density at radius 3 is 2.44 bits per heavy atom. The summed E-state index contributed by atoms with van der Waals surface area (Å²) in [5, 5.41) is 0.596. The van der Waals surface area contributed by atoms with Crippen LogP contribution in [0, 0.1) is 0 Å². The van der Waals surface area contributed by atoms with E-state index in [1.54, 1.807) is 18.0 Å². The average Bonchev–Trinajstić information content (AvgIpc) is 2.65. The van der Waals surface area contributed by atoms with E-state index < -0.39 is 5.41 Å². The topological polar surface area (TPSA) is 46.6 Å². The van der Waals surface area contributed by atoms with Crippen LogP contribution in [-0.2, 0) is 19.7 Å². The van der Waals surface area contributed by atoms with Gasteiger partial charge in [0.2, 0.25) is 0 Å². The van der Waals surface area contributed by atoms with Crippen molar-refractivity contribution in [2.24, 2.45) is 0 Å². The van der Waals surface area contributed by atoms with Gasteiger partial charge < -0.3 is 9.64 Å². The summed E-state index contributed by atoms with van der Waals surface area (Å²) in [6.07, 6.45) is 2.40. The molecule has 1 aliphatic rings. The number of hydrogen-bond acceptors (Lipinski definition) is 3. The van der Waals surface area contributed by atoms with Crippen molar-refractivity contribution in [3.05, 3.63) is 70.7 Å². The fourth-order valence-electron chi connectivity index (χ4n) is 3.47. The highest BCUT2D eigenvalue weighted by molar-refractivity contribution is 6.30. The van der Waals surface area contributed by atoms with E-state index in [4.69, 9.17) is 16.3 Å². The lowest BCUT2D eigenvalue weighted by Gasteiger charge is -2.39. The minimum absolute atomic E-state index is 0.0944. The van der Waals surface area contributed by atoms with Gasteiger partial charge >= 0.3 is 5.97 Å². The second kappa shape index (κ2) is 8.13. The SMILES string of the molecule is CC(c1ccccc1)N(C)C(=O)COC(=O)C1(c2cccc(Cl)c2)CCC1. The molecule has 0 spiro atoms. The van der Waals surface area contributed by atoms with Gasteiger partial charge in [0.15, 0.2) is 6.61 Å². The zero-order valence-electron chi connectivity index (χ0n) is 15.7. The molecule has 0 radical (unpaired) electrons. The van der Waals surface area contributed by atoms with E-state index in [-0.39, 0.29) is 24.5 Å². The van der Waals surface area contributed by atoms with Crippen molar-refractivity contribution in [3.8, 4) is 0 Å². The van der Waals surface area contributed by atoms with Crippen LogP contribution in [0.4, 0.5) is 0 Å². The Bertz CT molecular complexity index is 817. The summed E-state index contributed by atoms with van der Waals surface area (Å²) in [5.74, 6) is -0.564. The number of carbonyl (C=O) groups is 2. The number of amides is 1. The minimum Gasteiger partial charge on any atom is -0.455 e. The highest BCUT2D eigenvalue weighted by Crippen LogP contribution is 2.45. The maximum atomic E-state index is 12.8. The number of ether oxygens (including phenoxy) is 1. The van der Waals surface area contributed by atoms with Gasteiger partial charge in [-0.3, -0.25) is 9.59 Å². The Morgan fingerprint density at radius 2 is 1.85 bits per heavy atom. The largest absolute Gasteiger partial charge is 0.455 e. The first-order valence-corrected chi connectivity index (χ1v) is 9.56. The van der Waals surface area contributed by atoms with Crippen LogP contribution in [0.1, 0.15) is 43.4 Å². The van der Waals surface area contributed by atoms with Gasteiger partial charge in [0, 0.05) is 12.1 Å². The number of benzene rings is 2. The number of rotatable bonds is 6. The van der Waals surface area contributed by atoms with Gasteiger partial charge in [-0.2, -0.15) is 0 Å². The molecule has 0 heterocycles. The van der Waals surface area contributed by atoms with Crippen LogP contribution in [0.5, 0.6) is 0 Å². The van der Waals surface area contributed by atoms with Gasteiger partial charge in [-0.05, 0) is 43.0 Å². The highest BCUT2D eigenvalue weighted by atomic mass is 35.5. The van der Waals surface area contributed by atoms with Crippen LogP contribution < -0.4 is 0 Å². The van der Waals surface area contributed by atoms with Crippen LogP contribution in [0.2, 0.25) is 5.02 Å². The summed E-state index contributed by atoms with van der Waals surface area (Å²) in [4.78, 5) is 26.9. The van der Waals surface area contributed by atoms with Crippen LogP contribution in [-0.4, -0.2) is 30.4 Å². The number of hydrogen-bond donors (Lipinski definition) is 0. The molecule has 4 nitrogen and oxygen atoms in total. The summed E-state index contributed by atoms with van der Waals surface area (Å²) in [6, 6.07) is 17.0. The summed E-state index contributed by atoms with van der Waals surface area (Å²) in [6.45, 7) is 1.70. The first-order chi connectivity index (χ1) is 12.9. The number of esters is 1. The smallest absolute Gasteiger partial charge is 0.317 e. The first kappa shape index (κ1) is 19.4. The van der Waals surface area contributed by atoms with Gasteiger partial charge in [0.25, 0.3) is 5.91 Å². The predicted molar refractivity (Wildman–Crippen MR) is 106 cm³/mol. The molecule has 1 saturated carbocycles. The van der Waals surface area contributed by atoms with E-state index in [9.17, 15) is 9.59 Å². The zero-order valence-corrected chi connectivity index (χ0v) is 16.4. The third-order valence-corrected chi connectivity index (χ3v) is 5.79. The molecule has 0 bridgehead atoms. The van der Waals surface area contributed by atoms with E-state index in [2.05, 4.69) is 0 Å². The van der Waals surface area contributed by atoms with Crippen LogP contribution in [0.3, 0.4) is 0 Å². The van der Waals surface area contributed by atoms with Gasteiger partial charge in [0.1, 0.15) is 0 Å². The van der Waals surface area contributed by atoms with Gasteiger partial charge in [-0.1, -0.05) is 60.5 Å². The van der Waals surface area contributed by atoms with Gasteiger partial charge in [-0.25, -0.2) is 0 Å². The third kappa shape index (κ3) is 4.01. The molecular weight excluding hydrogens is 362 g/mol. The molecule has 0 saturated heterocycles. The standard InChI is InChI=1S/C22H24ClNO3/c1-16(17-8-4-3-5-9-17)24(2)20(25)15-27-21(26)22(12-7-13-22)18-10-6-11-19(23)14-18/h3-6,8-11,14,16H,7,12-13,15H2,1-2H3. The van der Waals surface area contributed by atoms with Crippen molar-refractivity contribution in [1.82, 2.24) is 4.90 Å². The molecular formula is C22H24ClNO3. The monoisotopic (exact) mass is 385 g/mol. The van der Waals surface area contributed by atoms with Crippen molar-refractivity contribution >= 4 is 23.5 Å². The number of nitrogens with zero attached hydrogens (tertiary/aromatic N) is 1. The summed E-state index contributed by atoms with van der Waals surface area (Å²) >= 11 is 6.09. The van der Waals surface area contributed by atoms with Crippen molar-refractivity contribution in [2.75, 3.05) is 13.7 Å². The Morgan fingerprint density at radius 1 is 1.15 bits per heavy atom. The lowest BCUT2D eigenvalue weighted by Crippen LogP contribution is -2.45. The summed E-state index contributed by atoms with van der Waals surface area (Å²) < 4.78 is 5.44. The number of halogens is 1. The molecule has 27 heavy (non-hydrogen) atoms. The first-order valence-electron chi connectivity index (χ1n) is 9.18. The lowest BCUT2D eigenvalue weighted by molar-refractivity contribution is -0.160. The molecule has 1 atom stereocenters. The van der Waals surface area contributed by atoms with Crippen molar-refractivity contribution < 1.29 is 14.3 Å². The third-order valence-electron chi connectivity index (χ3n) is 5.56. The van der Waals surface area contributed by atoms with Crippen LogP contribution >= 0.6 is 11.6 Å². The molecule has 1 fully saturated rings. The molecule has 1 aliphatic carbocycles. The van der Waals surface area contributed by atoms with Crippen molar-refractivity contribution in [2.45, 2.75) is 37.6 Å². The number of likely N-dealkylation sites (N-methyl/N-ethyl adjacent to an activating group) is 1. The molecule has 1 amide bonds. The van der Waals surface area contributed by atoms with E-state index in [0.717, 1.165) is 30.4 Å². The molecule has 3 rings (SSSR count). The summed E-state index contributed by atoms with van der Waals surface area (Å²) in [7, 11) is 1.73. The highest BCUT2D eigenvalue weighted by Gasteiger charge is 2.47. The quantitative estimate of drug-likeness (QED) is 0.686. The normalized spacial score (nSPS) is 16.1. The molecule has 0 aromatic heterocycles. The predicted octanol–water partition coefficient (Wildman–Crippen LogP) is 4.52. The molecule has 1 unspecified atom stereocenters. The van der Waals surface area contributed by atoms with Gasteiger partial charge in [-0.15, -0.1) is 0 Å². The van der Waals surface area contributed by atoms with Crippen LogP contribution in [0.25, 0.3) is 0 Å². The van der Waals surface area contributed by atoms with Crippen LogP contribution in [0.15, 0.2) is 54.6 Å². The number of carbonyl (C=O) groups excluding carboxylic acids is 2. The van der Waals surface area contributed by atoms with E-state index >= 15 is 0 Å².